The van der Waals surface area contributed by atoms with Crippen LogP contribution in [0.4, 0.5) is 5.82 Å². The van der Waals surface area contributed by atoms with Crippen LogP contribution < -0.4 is 5.73 Å². The van der Waals surface area contributed by atoms with E-state index in [9.17, 15) is 0 Å². The van der Waals surface area contributed by atoms with Crippen LogP contribution in [0.25, 0.3) is 0 Å². The van der Waals surface area contributed by atoms with Gasteiger partial charge in [0.05, 0.1) is 16.3 Å². The molecule has 0 atom stereocenters. The maximum atomic E-state index is 5.91. The highest BCUT2D eigenvalue weighted by molar-refractivity contribution is 14.1. The lowest BCUT2D eigenvalue weighted by molar-refractivity contribution is 0.696. The van der Waals surface area contributed by atoms with Crippen LogP contribution >= 0.6 is 22.6 Å². The van der Waals surface area contributed by atoms with Crippen LogP contribution in [-0.2, 0) is 6.54 Å². The zero-order chi connectivity index (χ0) is 11.7. The molecule has 0 unspecified atom stereocenters. The second-order valence-corrected chi connectivity index (χ2v) is 5.12. The SMILES string of the molecule is Cc1ccc(Cn2ncc(I)c2N)cc1C. The van der Waals surface area contributed by atoms with E-state index in [0.717, 1.165) is 15.9 Å². The van der Waals surface area contributed by atoms with Gasteiger partial charge in [0.1, 0.15) is 5.82 Å². The van der Waals surface area contributed by atoms with E-state index in [1.807, 2.05) is 4.68 Å². The third-order valence-electron chi connectivity index (χ3n) is 2.74. The Kier molecular flexibility index (Phi) is 3.18. The third kappa shape index (κ3) is 2.21. The molecule has 4 heteroatoms. The van der Waals surface area contributed by atoms with Crippen LogP contribution in [0.5, 0.6) is 0 Å². The summed E-state index contributed by atoms with van der Waals surface area (Å²) in [7, 11) is 0. The van der Waals surface area contributed by atoms with Crippen molar-refractivity contribution in [2.75, 3.05) is 5.73 Å². The van der Waals surface area contributed by atoms with Crippen molar-refractivity contribution in [3.05, 3.63) is 44.7 Å². The molecule has 0 amide bonds. The molecule has 2 rings (SSSR count). The number of rotatable bonds is 2. The number of nitrogens with zero attached hydrogens (tertiary/aromatic N) is 2. The molecule has 2 N–H and O–H groups in total. The number of anilines is 1. The van der Waals surface area contributed by atoms with Crippen molar-refractivity contribution in [1.82, 2.24) is 9.78 Å². The zero-order valence-corrected chi connectivity index (χ0v) is 11.5. The molecule has 0 bridgehead atoms. The lowest BCUT2D eigenvalue weighted by atomic mass is 10.1. The Morgan fingerprint density at radius 1 is 1.31 bits per heavy atom. The van der Waals surface area contributed by atoms with Crippen molar-refractivity contribution in [2.24, 2.45) is 0 Å². The Balaban J connectivity index is 2.27. The van der Waals surface area contributed by atoms with E-state index in [2.05, 4.69) is 59.7 Å². The summed E-state index contributed by atoms with van der Waals surface area (Å²) < 4.78 is 2.83. The number of nitrogen functional groups attached to an aromatic ring is 1. The van der Waals surface area contributed by atoms with Crippen molar-refractivity contribution in [2.45, 2.75) is 20.4 Å². The molecule has 0 aliphatic heterocycles. The first-order valence-electron chi connectivity index (χ1n) is 5.11. The molecule has 0 saturated carbocycles. The number of hydrogen-bond donors (Lipinski definition) is 1. The number of nitrogens with two attached hydrogens (primary N) is 1. The van der Waals surface area contributed by atoms with Gasteiger partial charge in [-0.1, -0.05) is 18.2 Å². The first kappa shape index (κ1) is 11.4. The van der Waals surface area contributed by atoms with Crippen LogP contribution in [0.1, 0.15) is 16.7 Å². The minimum atomic E-state index is 0.732. The Morgan fingerprint density at radius 3 is 2.62 bits per heavy atom. The molecule has 0 aliphatic carbocycles. The van der Waals surface area contributed by atoms with Crippen LogP contribution in [0, 0.1) is 17.4 Å². The first-order valence-corrected chi connectivity index (χ1v) is 6.18. The van der Waals surface area contributed by atoms with Gasteiger partial charge in [-0.15, -0.1) is 0 Å². The van der Waals surface area contributed by atoms with E-state index in [0.29, 0.717) is 0 Å². The van der Waals surface area contributed by atoms with Gasteiger partial charge in [-0.25, -0.2) is 4.68 Å². The normalized spacial score (nSPS) is 10.7. The molecule has 2 aromatic rings. The van der Waals surface area contributed by atoms with E-state index in [1.54, 1.807) is 6.20 Å². The monoisotopic (exact) mass is 327 g/mol. The van der Waals surface area contributed by atoms with Gasteiger partial charge in [-0.05, 0) is 53.1 Å². The minimum Gasteiger partial charge on any atom is -0.383 e. The predicted molar refractivity (Wildman–Crippen MR) is 74.4 cm³/mol. The summed E-state index contributed by atoms with van der Waals surface area (Å²) in [5, 5.41) is 4.25. The topological polar surface area (TPSA) is 43.8 Å². The number of benzene rings is 1. The smallest absolute Gasteiger partial charge is 0.135 e. The fraction of sp³-hybridized carbons (Fsp3) is 0.250. The summed E-state index contributed by atoms with van der Waals surface area (Å²) in [6.07, 6.45) is 1.79. The first-order chi connectivity index (χ1) is 7.58. The quantitative estimate of drug-likeness (QED) is 0.862. The molecular formula is C12H14IN3. The van der Waals surface area contributed by atoms with Gasteiger partial charge in [0.2, 0.25) is 0 Å². The Hall–Kier alpha value is -1.04. The second-order valence-electron chi connectivity index (χ2n) is 3.95. The van der Waals surface area contributed by atoms with Gasteiger partial charge in [0.15, 0.2) is 0 Å². The number of aromatic nitrogens is 2. The zero-order valence-electron chi connectivity index (χ0n) is 9.37. The molecule has 3 nitrogen and oxygen atoms in total. The molecule has 0 aliphatic rings. The van der Waals surface area contributed by atoms with Gasteiger partial charge < -0.3 is 5.73 Å². The minimum absolute atomic E-state index is 0.732. The molecule has 0 saturated heterocycles. The fourth-order valence-electron chi connectivity index (χ4n) is 1.57. The average Bonchev–Trinajstić information content (AvgIpc) is 2.55. The third-order valence-corrected chi connectivity index (χ3v) is 3.57. The van der Waals surface area contributed by atoms with Gasteiger partial charge in [0, 0.05) is 0 Å². The number of aryl methyl sites for hydroxylation is 2. The van der Waals surface area contributed by atoms with Crippen LogP contribution in [0.3, 0.4) is 0 Å². The van der Waals surface area contributed by atoms with E-state index < -0.39 is 0 Å². The van der Waals surface area contributed by atoms with E-state index >= 15 is 0 Å². The molecule has 84 valence electrons. The highest BCUT2D eigenvalue weighted by Crippen LogP contribution is 2.16. The summed E-state index contributed by atoms with van der Waals surface area (Å²) in [4.78, 5) is 0. The summed E-state index contributed by atoms with van der Waals surface area (Å²) >= 11 is 2.19. The fourth-order valence-corrected chi connectivity index (χ4v) is 1.98. The highest BCUT2D eigenvalue weighted by atomic mass is 127. The predicted octanol–water partition coefficient (Wildman–Crippen LogP) is 2.74. The van der Waals surface area contributed by atoms with E-state index in [1.165, 1.54) is 16.7 Å². The highest BCUT2D eigenvalue weighted by Gasteiger charge is 2.05. The summed E-state index contributed by atoms with van der Waals surface area (Å²) in [6.45, 7) is 4.97. The molecule has 0 spiro atoms. The number of halogens is 1. The van der Waals surface area contributed by atoms with Gasteiger partial charge in [0.25, 0.3) is 0 Å². The van der Waals surface area contributed by atoms with E-state index in [4.69, 9.17) is 5.73 Å². The molecule has 0 fully saturated rings. The molecule has 1 aromatic heterocycles. The molecular weight excluding hydrogens is 313 g/mol. The molecule has 1 aromatic carbocycles. The van der Waals surface area contributed by atoms with Crippen molar-refractivity contribution >= 4 is 28.4 Å². The summed E-state index contributed by atoms with van der Waals surface area (Å²) in [5.74, 6) is 0.735. The molecule has 1 heterocycles. The lowest BCUT2D eigenvalue weighted by Gasteiger charge is -2.07. The van der Waals surface area contributed by atoms with Crippen molar-refractivity contribution in [1.29, 1.82) is 0 Å². The lowest BCUT2D eigenvalue weighted by Crippen LogP contribution is -2.06. The van der Waals surface area contributed by atoms with Crippen molar-refractivity contribution < 1.29 is 0 Å². The Bertz CT molecular complexity index is 517. The largest absolute Gasteiger partial charge is 0.383 e. The number of hydrogen-bond acceptors (Lipinski definition) is 2. The average molecular weight is 327 g/mol. The van der Waals surface area contributed by atoms with Gasteiger partial charge >= 0.3 is 0 Å². The Labute approximate surface area is 109 Å². The van der Waals surface area contributed by atoms with E-state index in [-0.39, 0.29) is 0 Å². The summed E-state index contributed by atoms with van der Waals surface area (Å²) in [5.41, 5.74) is 9.76. The molecule has 16 heavy (non-hydrogen) atoms. The van der Waals surface area contributed by atoms with Crippen LogP contribution in [-0.4, -0.2) is 9.78 Å². The Morgan fingerprint density at radius 2 is 2.06 bits per heavy atom. The van der Waals surface area contributed by atoms with Crippen LogP contribution in [0.2, 0.25) is 0 Å². The maximum absolute atomic E-state index is 5.91. The standard InChI is InChI=1S/C12H14IN3/c1-8-3-4-10(5-9(8)2)7-16-12(14)11(13)6-15-16/h3-6H,7,14H2,1-2H3. The molecule has 0 radical (unpaired) electrons. The van der Waals surface area contributed by atoms with Crippen molar-refractivity contribution in [3.8, 4) is 0 Å². The summed E-state index contributed by atoms with van der Waals surface area (Å²) in [6, 6.07) is 6.44. The van der Waals surface area contributed by atoms with Gasteiger partial charge in [-0.2, -0.15) is 5.10 Å². The van der Waals surface area contributed by atoms with Crippen molar-refractivity contribution in [3.63, 3.8) is 0 Å². The maximum Gasteiger partial charge on any atom is 0.135 e. The second kappa shape index (κ2) is 4.45. The van der Waals surface area contributed by atoms with Crippen LogP contribution in [0.15, 0.2) is 24.4 Å². The van der Waals surface area contributed by atoms with Gasteiger partial charge in [-0.3, -0.25) is 0 Å².